The highest BCUT2D eigenvalue weighted by Crippen LogP contribution is 2.29. The number of rotatable bonds is 2. The van der Waals surface area contributed by atoms with Crippen LogP contribution in [-0.2, 0) is 0 Å². The lowest BCUT2D eigenvalue weighted by Crippen LogP contribution is -2.03. The van der Waals surface area contributed by atoms with Gasteiger partial charge in [-0.1, -0.05) is 11.6 Å². The van der Waals surface area contributed by atoms with Crippen LogP contribution in [0, 0.1) is 10.5 Å². The number of benzene rings is 1. The van der Waals surface area contributed by atoms with E-state index in [9.17, 15) is 4.79 Å². The summed E-state index contributed by atoms with van der Waals surface area (Å²) >= 11 is 13.0. The van der Waals surface area contributed by atoms with Crippen molar-refractivity contribution in [3.05, 3.63) is 52.6 Å². The molecule has 0 aliphatic heterocycles. The molecule has 0 bridgehead atoms. The Kier molecular flexibility index (Phi) is 4.28. The lowest BCUT2D eigenvalue weighted by Gasteiger charge is -2.03. The maximum absolute atomic E-state index is 12.4. The summed E-state index contributed by atoms with van der Waals surface area (Å²) in [5.74, 6) is 0.0244. The number of carbonyl (C=O) groups is 1. The Morgan fingerprint density at radius 1 is 1.35 bits per heavy atom. The summed E-state index contributed by atoms with van der Waals surface area (Å²) in [5.41, 5.74) is 1.40. The van der Waals surface area contributed by atoms with E-state index in [-0.39, 0.29) is 5.78 Å². The van der Waals surface area contributed by atoms with Crippen LogP contribution in [-0.4, -0.2) is 5.78 Å². The van der Waals surface area contributed by atoms with Gasteiger partial charge in [-0.2, -0.15) is 0 Å². The van der Waals surface area contributed by atoms with Gasteiger partial charge in [0.2, 0.25) is 0 Å². The molecule has 0 saturated carbocycles. The van der Waals surface area contributed by atoms with Crippen LogP contribution >= 0.6 is 61.5 Å². The number of halogens is 3. The van der Waals surface area contributed by atoms with Crippen molar-refractivity contribution in [3.63, 3.8) is 0 Å². The monoisotopic (exact) mass is 440 g/mol. The Morgan fingerprint density at radius 3 is 2.65 bits per heavy atom. The highest BCUT2D eigenvalue weighted by Gasteiger charge is 2.17. The summed E-state index contributed by atoms with van der Waals surface area (Å²) in [7, 11) is 0. The molecule has 5 heteroatoms. The van der Waals surface area contributed by atoms with Gasteiger partial charge in [0.15, 0.2) is 5.78 Å². The molecule has 2 rings (SSSR count). The zero-order chi connectivity index (χ0) is 12.6. The molecule has 1 heterocycles. The second-order valence-electron chi connectivity index (χ2n) is 3.47. The molecule has 17 heavy (non-hydrogen) atoms. The van der Waals surface area contributed by atoms with E-state index in [0.717, 1.165) is 17.8 Å². The lowest BCUT2D eigenvalue weighted by molar-refractivity contribution is 0.103. The standard InChI is InChI=1S/C12H7BrClIOS/c1-6-8(5-11(13)17-6)12(16)9-4-7(14)2-3-10(9)15/h2-5H,1H3. The number of thiophene rings is 1. The molecule has 0 aliphatic rings. The van der Waals surface area contributed by atoms with Crippen LogP contribution in [0.1, 0.15) is 20.8 Å². The van der Waals surface area contributed by atoms with Crippen molar-refractivity contribution in [1.82, 2.24) is 0 Å². The first-order valence-corrected chi connectivity index (χ1v) is 7.81. The molecule has 0 fully saturated rings. The van der Waals surface area contributed by atoms with Crippen molar-refractivity contribution in [1.29, 1.82) is 0 Å². The summed E-state index contributed by atoms with van der Waals surface area (Å²) in [5, 5.41) is 0.584. The Bertz CT molecular complexity index is 594. The molecule has 0 saturated heterocycles. The maximum atomic E-state index is 12.4. The molecular formula is C12H7BrClIOS. The second kappa shape index (κ2) is 5.38. The zero-order valence-corrected chi connectivity index (χ0v) is 14.1. The SMILES string of the molecule is Cc1sc(Br)cc1C(=O)c1cc(Cl)ccc1I. The van der Waals surface area contributed by atoms with Gasteiger partial charge in [0.1, 0.15) is 0 Å². The largest absolute Gasteiger partial charge is 0.289 e. The topological polar surface area (TPSA) is 17.1 Å². The van der Waals surface area contributed by atoms with Gasteiger partial charge in [-0.15, -0.1) is 11.3 Å². The molecule has 0 amide bonds. The van der Waals surface area contributed by atoms with Crippen LogP contribution in [0.15, 0.2) is 28.1 Å². The van der Waals surface area contributed by atoms with E-state index >= 15 is 0 Å². The minimum atomic E-state index is 0.0244. The number of hydrogen-bond donors (Lipinski definition) is 0. The Morgan fingerprint density at radius 2 is 2.06 bits per heavy atom. The Balaban J connectivity index is 2.50. The zero-order valence-electron chi connectivity index (χ0n) is 8.76. The van der Waals surface area contributed by atoms with Gasteiger partial charge in [0, 0.05) is 24.6 Å². The van der Waals surface area contributed by atoms with Crippen LogP contribution in [0.5, 0.6) is 0 Å². The first-order valence-electron chi connectivity index (χ1n) is 4.74. The van der Waals surface area contributed by atoms with Crippen molar-refractivity contribution in [2.45, 2.75) is 6.92 Å². The molecule has 1 nitrogen and oxygen atoms in total. The van der Waals surface area contributed by atoms with Gasteiger partial charge in [-0.3, -0.25) is 4.79 Å². The summed E-state index contributed by atoms with van der Waals surface area (Å²) in [4.78, 5) is 13.4. The third-order valence-electron chi connectivity index (χ3n) is 2.31. The van der Waals surface area contributed by atoms with Crippen molar-refractivity contribution in [2.24, 2.45) is 0 Å². The van der Waals surface area contributed by atoms with E-state index in [2.05, 4.69) is 38.5 Å². The average molecular weight is 442 g/mol. The first kappa shape index (κ1) is 13.5. The van der Waals surface area contributed by atoms with E-state index in [1.54, 1.807) is 23.5 Å². The summed E-state index contributed by atoms with van der Waals surface area (Å²) in [6, 6.07) is 7.22. The Hall–Kier alpha value is 0.0900. The van der Waals surface area contributed by atoms with Crippen LogP contribution in [0.25, 0.3) is 0 Å². The highest BCUT2D eigenvalue weighted by atomic mass is 127. The van der Waals surface area contributed by atoms with E-state index in [0.29, 0.717) is 10.6 Å². The normalized spacial score (nSPS) is 10.6. The molecule has 0 N–H and O–H groups in total. The van der Waals surface area contributed by atoms with E-state index in [1.807, 2.05) is 19.1 Å². The fourth-order valence-electron chi connectivity index (χ4n) is 1.49. The number of aryl methyl sites for hydroxylation is 1. The van der Waals surface area contributed by atoms with Gasteiger partial charge >= 0.3 is 0 Å². The number of ketones is 1. The van der Waals surface area contributed by atoms with Crippen LogP contribution < -0.4 is 0 Å². The summed E-state index contributed by atoms with van der Waals surface area (Å²) < 4.78 is 1.88. The van der Waals surface area contributed by atoms with Crippen molar-refractivity contribution >= 4 is 67.2 Å². The fraction of sp³-hybridized carbons (Fsp3) is 0.0833. The third-order valence-corrected chi connectivity index (χ3v) is 5.03. The molecule has 1 aromatic heterocycles. The van der Waals surface area contributed by atoms with Gasteiger partial charge in [0.25, 0.3) is 0 Å². The molecule has 0 radical (unpaired) electrons. The predicted octanol–water partition coefficient (Wildman–Crippen LogP) is 5.31. The molecule has 0 unspecified atom stereocenters. The van der Waals surface area contributed by atoms with Crippen LogP contribution in [0.3, 0.4) is 0 Å². The van der Waals surface area contributed by atoms with Gasteiger partial charge in [0.05, 0.1) is 3.79 Å². The fourth-order valence-corrected chi connectivity index (χ4v) is 3.93. The Labute approximate surface area is 130 Å². The van der Waals surface area contributed by atoms with Gasteiger partial charge < -0.3 is 0 Å². The predicted molar refractivity (Wildman–Crippen MR) is 84.4 cm³/mol. The summed E-state index contributed by atoms with van der Waals surface area (Å²) in [6.07, 6.45) is 0. The van der Waals surface area contributed by atoms with Gasteiger partial charge in [-0.25, -0.2) is 0 Å². The molecule has 0 atom stereocenters. The van der Waals surface area contributed by atoms with Gasteiger partial charge in [-0.05, 0) is 69.7 Å². The molecular weight excluding hydrogens is 434 g/mol. The molecule has 0 aliphatic carbocycles. The minimum Gasteiger partial charge on any atom is -0.289 e. The average Bonchev–Trinajstić information content (AvgIpc) is 2.60. The van der Waals surface area contributed by atoms with Crippen molar-refractivity contribution < 1.29 is 4.79 Å². The second-order valence-corrected chi connectivity index (χ2v) is 7.71. The van der Waals surface area contributed by atoms with E-state index < -0.39 is 0 Å². The maximum Gasteiger partial charge on any atom is 0.195 e. The minimum absolute atomic E-state index is 0.0244. The lowest BCUT2D eigenvalue weighted by atomic mass is 10.0. The first-order chi connectivity index (χ1) is 7.99. The van der Waals surface area contributed by atoms with Crippen LogP contribution in [0.2, 0.25) is 5.02 Å². The molecule has 1 aromatic carbocycles. The number of hydrogen-bond acceptors (Lipinski definition) is 2. The smallest absolute Gasteiger partial charge is 0.195 e. The van der Waals surface area contributed by atoms with Crippen molar-refractivity contribution in [3.8, 4) is 0 Å². The van der Waals surface area contributed by atoms with E-state index in [4.69, 9.17) is 11.6 Å². The van der Waals surface area contributed by atoms with E-state index in [1.165, 1.54) is 0 Å². The quantitative estimate of drug-likeness (QED) is 0.456. The highest BCUT2D eigenvalue weighted by molar-refractivity contribution is 14.1. The molecule has 0 spiro atoms. The molecule has 2 aromatic rings. The molecule has 88 valence electrons. The third kappa shape index (κ3) is 2.92. The summed E-state index contributed by atoms with van der Waals surface area (Å²) in [6.45, 7) is 1.94. The number of carbonyl (C=O) groups excluding carboxylic acids is 1. The van der Waals surface area contributed by atoms with Crippen LogP contribution in [0.4, 0.5) is 0 Å². The van der Waals surface area contributed by atoms with Crippen molar-refractivity contribution in [2.75, 3.05) is 0 Å².